The minimum atomic E-state index is -0.992. The zero-order chi connectivity index (χ0) is 23.3. The zero-order valence-electron chi connectivity index (χ0n) is 17.9. The van der Waals surface area contributed by atoms with Gasteiger partial charge in [-0.15, -0.1) is 0 Å². The SMILES string of the molecule is CN(C(=O)/C=C/c1ccc(O)c(O)c1)[C@@H](Cc1ccc(O)c(O)c1)C(=O)OC(C)(C)C. The molecule has 31 heavy (non-hydrogen) atoms. The topological polar surface area (TPSA) is 128 Å². The Balaban J connectivity index is 2.26. The Morgan fingerprint density at radius 2 is 1.55 bits per heavy atom. The van der Waals surface area contributed by atoms with Crippen LogP contribution in [0.1, 0.15) is 31.9 Å². The average Bonchev–Trinajstić information content (AvgIpc) is 2.67. The summed E-state index contributed by atoms with van der Waals surface area (Å²) >= 11 is 0. The van der Waals surface area contributed by atoms with Gasteiger partial charge in [-0.05, 0) is 62.2 Å². The van der Waals surface area contributed by atoms with Crippen LogP contribution in [0, 0.1) is 0 Å². The third kappa shape index (κ3) is 6.67. The predicted molar refractivity (Wildman–Crippen MR) is 115 cm³/mol. The van der Waals surface area contributed by atoms with Gasteiger partial charge in [0.05, 0.1) is 0 Å². The summed E-state index contributed by atoms with van der Waals surface area (Å²) in [5.41, 5.74) is 0.239. The number of nitrogens with zero attached hydrogens (tertiary/aromatic N) is 1. The molecule has 8 heteroatoms. The van der Waals surface area contributed by atoms with E-state index in [4.69, 9.17) is 4.74 Å². The Labute approximate surface area is 180 Å². The Morgan fingerprint density at radius 1 is 0.968 bits per heavy atom. The minimum absolute atomic E-state index is 0.0544. The smallest absolute Gasteiger partial charge is 0.329 e. The van der Waals surface area contributed by atoms with Crippen molar-refractivity contribution in [1.29, 1.82) is 0 Å². The summed E-state index contributed by atoms with van der Waals surface area (Å²) in [6, 6.07) is 7.28. The fourth-order valence-corrected chi connectivity index (χ4v) is 2.75. The van der Waals surface area contributed by atoms with Crippen LogP contribution in [0.15, 0.2) is 42.5 Å². The molecule has 0 saturated carbocycles. The van der Waals surface area contributed by atoms with Crippen LogP contribution < -0.4 is 0 Å². The molecule has 1 amide bonds. The van der Waals surface area contributed by atoms with Crippen molar-refractivity contribution < 1.29 is 34.8 Å². The van der Waals surface area contributed by atoms with E-state index in [2.05, 4.69) is 0 Å². The summed E-state index contributed by atoms with van der Waals surface area (Å²) in [5, 5.41) is 38.2. The number of likely N-dealkylation sites (N-methyl/N-ethyl adjacent to an activating group) is 1. The summed E-state index contributed by atoms with van der Waals surface area (Å²) in [6.45, 7) is 5.15. The molecular weight excluding hydrogens is 402 g/mol. The van der Waals surface area contributed by atoms with Crippen LogP contribution >= 0.6 is 0 Å². The molecule has 0 aliphatic carbocycles. The van der Waals surface area contributed by atoms with Crippen molar-refractivity contribution in [3.63, 3.8) is 0 Å². The molecule has 0 bridgehead atoms. The maximum atomic E-state index is 12.8. The molecule has 0 radical (unpaired) electrons. The lowest BCUT2D eigenvalue weighted by molar-refractivity contribution is -0.163. The van der Waals surface area contributed by atoms with E-state index in [9.17, 15) is 30.0 Å². The van der Waals surface area contributed by atoms with Crippen molar-refractivity contribution >= 4 is 18.0 Å². The van der Waals surface area contributed by atoms with E-state index >= 15 is 0 Å². The Bertz CT molecular complexity index is 992. The average molecular weight is 429 g/mol. The van der Waals surface area contributed by atoms with E-state index in [1.165, 1.54) is 54.4 Å². The molecule has 8 nitrogen and oxygen atoms in total. The van der Waals surface area contributed by atoms with Crippen molar-refractivity contribution in [3.8, 4) is 23.0 Å². The van der Waals surface area contributed by atoms with Gasteiger partial charge in [-0.25, -0.2) is 4.79 Å². The van der Waals surface area contributed by atoms with E-state index < -0.39 is 23.5 Å². The molecule has 166 valence electrons. The number of ether oxygens (including phenoxy) is 1. The second-order valence-corrected chi connectivity index (χ2v) is 8.11. The molecule has 0 aliphatic rings. The first-order chi connectivity index (χ1) is 14.4. The summed E-state index contributed by atoms with van der Waals surface area (Å²) in [7, 11) is 1.45. The number of hydrogen-bond acceptors (Lipinski definition) is 7. The van der Waals surface area contributed by atoms with E-state index in [1.54, 1.807) is 26.8 Å². The first-order valence-electron chi connectivity index (χ1n) is 9.58. The van der Waals surface area contributed by atoms with Gasteiger partial charge in [0.2, 0.25) is 5.91 Å². The van der Waals surface area contributed by atoms with Crippen LogP contribution in [-0.4, -0.2) is 55.9 Å². The molecule has 4 N–H and O–H groups in total. The number of esters is 1. The second kappa shape index (κ2) is 9.42. The molecule has 2 aromatic rings. The molecule has 0 aromatic heterocycles. The lowest BCUT2D eigenvalue weighted by Crippen LogP contribution is -2.46. The molecule has 1 atom stereocenters. The summed E-state index contributed by atoms with van der Waals surface area (Å²) in [6.07, 6.45) is 2.73. The van der Waals surface area contributed by atoms with Crippen LogP contribution in [0.3, 0.4) is 0 Å². The Morgan fingerprint density at radius 3 is 2.10 bits per heavy atom. The number of benzene rings is 2. The predicted octanol–water partition coefficient (Wildman–Crippen LogP) is 2.93. The van der Waals surface area contributed by atoms with Crippen molar-refractivity contribution in [3.05, 3.63) is 53.6 Å². The molecule has 2 rings (SSSR count). The fourth-order valence-electron chi connectivity index (χ4n) is 2.75. The van der Waals surface area contributed by atoms with Crippen LogP contribution in [0.5, 0.6) is 23.0 Å². The van der Waals surface area contributed by atoms with Gasteiger partial charge >= 0.3 is 5.97 Å². The highest BCUT2D eigenvalue weighted by molar-refractivity contribution is 5.94. The third-order valence-corrected chi connectivity index (χ3v) is 4.38. The number of hydrogen-bond donors (Lipinski definition) is 4. The number of carbonyl (C=O) groups is 2. The first kappa shape index (κ1) is 23.6. The third-order valence-electron chi connectivity index (χ3n) is 4.38. The van der Waals surface area contributed by atoms with Gasteiger partial charge in [-0.2, -0.15) is 0 Å². The quantitative estimate of drug-likeness (QED) is 0.316. The molecule has 0 aliphatic heterocycles. The first-order valence-corrected chi connectivity index (χ1v) is 9.58. The lowest BCUT2D eigenvalue weighted by Gasteiger charge is -2.29. The van der Waals surface area contributed by atoms with E-state index in [0.717, 1.165) is 0 Å². The molecule has 0 unspecified atom stereocenters. The highest BCUT2D eigenvalue weighted by Crippen LogP contribution is 2.27. The van der Waals surface area contributed by atoms with Crippen LogP contribution in [-0.2, 0) is 20.7 Å². The summed E-state index contributed by atoms with van der Waals surface area (Å²) < 4.78 is 5.46. The number of amides is 1. The Kier molecular flexibility index (Phi) is 7.17. The summed E-state index contributed by atoms with van der Waals surface area (Å²) in [4.78, 5) is 26.7. The van der Waals surface area contributed by atoms with Gasteiger partial charge in [0, 0.05) is 19.5 Å². The van der Waals surface area contributed by atoms with Gasteiger partial charge in [0.25, 0.3) is 0 Å². The Hall–Kier alpha value is -3.68. The largest absolute Gasteiger partial charge is 0.504 e. The van der Waals surface area contributed by atoms with Gasteiger partial charge in [-0.1, -0.05) is 12.1 Å². The maximum absolute atomic E-state index is 12.8. The number of aromatic hydroxyl groups is 4. The van der Waals surface area contributed by atoms with Crippen molar-refractivity contribution in [2.45, 2.75) is 38.8 Å². The standard InChI is InChI=1S/C23H27NO7/c1-23(2,3)31-22(30)16(11-15-6-9-18(26)20(28)13-15)24(4)21(29)10-7-14-5-8-17(25)19(27)12-14/h5-10,12-13,16,25-28H,11H2,1-4H3/b10-7+/t16-/m0/s1. The molecule has 2 aromatic carbocycles. The van der Waals surface area contributed by atoms with Gasteiger partial charge in [0.15, 0.2) is 23.0 Å². The molecule has 0 fully saturated rings. The molecule has 0 saturated heterocycles. The zero-order valence-corrected chi connectivity index (χ0v) is 17.9. The molecule has 0 heterocycles. The van der Waals surface area contributed by atoms with Gasteiger partial charge in [-0.3, -0.25) is 4.79 Å². The van der Waals surface area contributed by atoms with Crippen LogP contribution in [0.2, 0.25) is 0 Å². The normalized spacial score (nSPS) is 12.5. The number of phenolic OH excluding ortho intramolecular Hbond substituents is 4. The van der Waals surface area contributed by atoms with E-state index in [0.29, 0.717) is 11.1 Å². The fraction of sp³-hybridized carbons (Fsp3) is 0.304. The van der Waals surface area contributed by atoms with E-state index in [-0.39, 0.29) is 29.4 Å². The molecule has 0 spiro atoms. The van der Waals surface area contributed by atoms with Crippen molar-refractivity contribution in [2.24, 2.45) is 0 Å². The van der Waals surface area contributed by atoms with Crippen molar-refractivity contribution in [1.82, 2.24) is 4.90 Å². The number of carbonyl (C=O) groups excluding carboxylic acids is 2. The summed E-state index contributed by atoms with van der Waals surface area (Å²) in [5.74, 6) is -2.33. The highest BCUT2D eigenvalue weighted by Gasteiger charge is 2.31. The highest BCUT2D eigenvalue weighted by atomic mass is 16.6. The minimum Gasteiger partial charge on any atom is -0.504 e. The monoisotopic (exact) mass is 429 g/mol. The number of rotatable bonds is 6. The maximum Gasteiger partial charge on any atom is 0.329 e. The van der Waals surface area contributed by atoms with Gasteiger partial charge in [0.1, 0.15) is 11.6 Å². The second-order valence-electron chi connectivity index (χ2n) is 8.11. The van der Waals surface area contributed by atoms with E-state index in [1.807, 2.05) is 0 Å². The van der Waals surface area contributed by atoms with Crippen LogP contribution in [0.25, 0.3) is 6.08 Å². The van der Waals surface area contributed by atoms with Crippen LogP contribution in [0.4, 0.5) is 0 Å². The number of phenols is 4. The molecular formula is C23H27NO7. The van der Waals surface area contributed by atoms with Crippen molar-refractivity contribution in [2.75, 3.05) is 7.05 Å². The van der Waals surface area contributed by atoms with Gasteiger partial charge < -0.3 is 30.1 Å². The lowest BCUT2D eigenvalue weighted by atomic mass is 10.0.